The summed E-state index contributed by atoms with van der Waals surface area (Å²) in [4.78, 5) is 15.5. The molecule has 0 bridgehead atoms. The van der Waals surface area contributed by atoms with Gasteiger partial charge in [0.2, 0.25) is 0 Å². The smallest absolute Gasteiger partial charge is 0.261 e. The number of thiophene rings is 1. The van der Waals surface area contributed by atoms with Crippen LogP contribution >= 0.6 is 11.3 Å². The number of carbonyl (C=O) groups is 1. The van der Waals surface area contributed by atoms with Gasteiger partial charge in [-0.2, -0.15) is 0 Å². The maximum Gasteiger partial charge on any atom is 0.261 e. The zero-order chi connectivity index (χ0) is 16.2. The summed E-state index contributed by atoms with van der Waals surface area (Å²) in [6.45, 7) is 2.34. The molecule has 0 saturated carbocycles. The van der Waals surface area contributed by atoms with Crippen molar-refractivity contribution < 1.29 is 15.0 Å². The van der Waals surface area contributed by atoms with Crippen LogP contribution in [0.3, 0.4) is 0 Å². The fraction of sp³-hybridized carbons (Fsp3) is 0.706. The van der Waals surface area contributed by atoms with Crippen LogP contribution < -0.4 is 5.32 Å². The molecule has 0 radical (unpaired) electrons. The number of hydrogen-bond donors (Lipinski definition) is 3. The van der Waals surface area contributed by atoms with E-state index in [-0.39, 0.29) is 25.2 Å². The zero-order valence-corrected chi connectivity index (χ0v) is 14.3. The monoisotopic (exact) mass is 338 g/mol. The van der Waals surface area contributed by atoms with E-state index in [1.807, 2.05) is 0 Å². The molecule has 1 fully saturated rings. The number of fused-ring (bicyclic) bond motifs is 1. The molecule has 1 saturated heterocycles. The van der Waals surface area contributed by atoms with E-state index >= 15 is 0 Å². The molecule has 0 aromatic carbocycles. The van der Waals surface area contributed by atoms with Crippen molar-refractivity contribution in [2.24, 2.45) is 5.92 Å². The first-order valence-electron chi connectivity index (χ1n) is 8.56. The van der Waals surface area contributed by atoms with Crippen LogP contribution in [0, 0.1) is 5.92 Å². The minimum atomic E-state index is -0.167. The number of nitrogens with zero attached hydrogens (tertiary/aromatic N) is 1. The molecule has 3 N–H and O–H groups in total. The topological polar surface area (TPSA) is 72.8 Å². The van der Waals surface area contributed by atoms with Gasteiger partial charge in [-0.15, -0.1) is 11.3 Å². The first-order valence-corrected chi connectivity index (χ1v) is 9.44. The Hall–Kier alpha value is -0.950. The molecule has 23 heavy (non-hydrogen) atoms. The lowest BCUT2D eigenvalue weighted by molar-refractivity contribution is 0.0866. The summed E-state index contributed by atoms with van der Waals surface area (Å²) < 4.78 is 0. The summed E-state index contributed by atoms with van der Waals surface area (Å²) in [5.41, 5.74) is 2.64. The minimum absolute atomic E-state index is 0.0170. The lowest BCUT2D eigenvalue weighted by Gasteiger charge is -2.24. The van der Waals surface area contributed by atoms with Gasteiger partial charge in [0.25, 0.3) is 5.91 Å². The van der Waals surface area contributed by atoms with Gasteiger partial charge in [0.05, 0.1) is 24.1 Å². The van der Waals surface area contributed by atoms with Crippen LogP contribution in [-0.2, 0) is 12.8 Å². The van der Waals surface area contributed by atoms with E-state index in [0.29, 0.717) is 12.5 Å². The van der Waals surface area contributed by atoms with Gasteiger partial charge in [0.15, 0.2) is 0 Å². The summed E-state index contributed by atoms with van der Waals surface area (Å²) in [5.74, 6) is 0.466. The van der Waals surface area contributed by atoms with Crippen molar-refractivity contribution in [1.82, 2.24) is 10.2 Å². The number of aliphatic hydroxyl groups excluding tert-OH is 2. The number of hydrogen-bond acceptors (Lipinski definition) is 5. The van der Waals surface area contributed by atoms with Crippen molar-refractivity contribution in [1.29, 1.82) is 0 Å². The second-order valence-corrected chi connectivity index (χ2v) is 7.53. The average Bonchev–Trinajstić information content (AvgIpc) is 3.21. The fourth-order valence-corrected chi connectivity index (χ4v) is 4.75. The van der Waals surface area contributed by atoms with Crippen molar-refractivity contribution in [2.75, 3.05) is 32.8 Å². The van der Waals surface area contributed by atoms with Crippen molar-refractivity contribution >= 4 is 17.2 Å². The average molecular weight is 338 g/mol. The number of rotatable bonds is 6. The summed E-state index contributed by atoms with van der Waals surface area (Å²) in [6.07, 6.45) is 5.57. The van der Waals surface area contributed by atoms with Crippen LogP contribution in [0.1, 0.15) is 40.1 Å². The Labute approximate surface area is 141 Å². The van der Waals surface area contributed by atoms with Gasteiger partial charge in [0, 0.05) is 13.1 Å². The molecule has 0 unspecified atom stereocenters. The number of aryl methyl sites for hydroxylation is 1. The van der Waals surface area contributed by atoms with E-state index in [0.717, 1.165) is 37.2 Å². The van der Waals surface area contributed by atoms with E-state index < -0.39 is 0 Å². The van der Waals surface area contributed by atoms with Gasteiger partial charge in [-0.3, -0.25) is 9.69 Å². The largest absolute Gasteiger partial charge is 0.395 e. The molecule has 1 atom stereocenters. The van der Waals surface area contributed by atoms with Crippen molar-refractivity contribution in [3.63, 3.8) is 0 Å². The van der Waals surface area contributed by atoms with Crippen LogP contribution in [-0.4, -0.2) is 59.9 Å². The fourth-order valence-electron chi connectivity index (χ4n) is 3.68. The molecule has 2 aliphatic rings. The van der Waals surface area contributed by atoms with Gasteiger partial charge in [0.1, 0.15) is 0 Å². The Morgan fingerprint density at radius 1 is 1.35 bits per heavy atom. The Bertz CT molecular complexity index is 542. The predicted octanol–water partition coefficient (Wildman–Crippen LogP) is 1.03. The molecule has 1 aliphatic heterocycles. The summed E-state index contributed by atoms with van der Waals surface area (Å²) in [6, 6.07) is -0.167. The number of carbonyl (C=O) groups excluding carboxylic acids is 1. The molecule has 3 rings (SSSR count). The van der Waals surface area contributed by atoms with Gasteiger partial charge < -0.3 is 15.5 Å². The first-order chi connectivity index (χ1) is 11.2. The minimum Gasteiger partial charge on any atom is -0.395 e. The molecule has 1 aromatic rings. The Morgan fingerprint density at radius 3 is 2.91 bits per heavy atom. The standard InChI is InChI=1S/C17H26N2O3S/c20-9-14(10-21)19-6-5-12(8-19)7-18-17(22)16-15-4-2-1-3-13(15)11-23-16/h11-12,14,20-21H,1-10H2,(H,18,22)/t12-/m1/s1. The lowest BCUT2D eigenvalue weighted by Crippen LogP contribution is -2.40. The van der Waals surface area contributed by atoms with Gasteiger partial charge in [-0.05, 0) is 61.1 Å². The SMILES string of the molecule is O=C(NC[C@H]1CCN(C(CO)CO)C1)c1scc2c1CCCC2. The lowest BCUT2D eigenvalue weighted by atomic mass is 9.94. The molecule has 1 aromatic heterocycles. The molecular formula is C17H26N2O3S. The van der Waals surface area contributed by atoms with Crippen LogP contribution in [0.2, 0.25) is 0 Å². The first kappa shape index (κ1) is 16.9. The Kier molecular flexibility index (Phi) is 5.69. The highest BCUT2D eigenvalue weighted by Gasteiger charge is 2.28. The van der Waals surface area contributed by atoms with E-state index in [1.54, 1.807) is 11.3 Å². The molecule has 6 heteroatoms. The third-order valence-electron chi connectivity index (χ3n) is 5.12. The number of aliphatic hydroxyl groups is 2. The Balaban J connectivity index is 1.51. The van der Waals surface area contributed by atoms with E-state index in [4.69, 9.17) is 0 Å². The zero-order valence-electron chi connectivity index (χ0n) is 13.5. The quantitative estimate of drug-likeness (QED) is 0.724. The van der Waals surface area contributed by atoms with Crippen molar-refractivity contribution in [3.05, 3.63) is 21.4 Å². The van der Waals surface area contributed by atoms with Crippen LogP contribution in [0.15, 0.2) is 5.38 Å². The van der Waals surface area contributed by atoms with Crippen LogP contribution in [0.4, 0.5) is 0 Å². The maximum atomic E-state index is 12.5. The Morgan fingerprint density at radius 2 is 2.13 bits per heavy atom. The van der Waals surface area contributed by atoms with Gasteiger partial charge in [-0.1, -0.05) is 0 Å². The second kappa shape index (κ2) is 7.75. The normalized spacial score (nSPS) is 21.6. The van der Waals surface area contributed by atoms with E-state index in [9.17, 15) is 15.0 Å². The van der Waals surface area contributed by atoms with Crippen LogP contribution in [0.25, 0.3) is 0 Å². The molecule has 1 amide bonds. The second-order valence-electron chi connectivity index (χ2n) is 6.65. The third kappa shape index (κ3) is 3.76. The van der Waals surface area contributed by atoms with Crippen molar-refractivity contribution in [2.45, 2.75) is 38.1 Å². The van der Waals surface area contributed by atoms with Gasteiger partial charge >= 0.3 is 0 Å². The summed E-state index contributed by atoms with van der Waals surface area (Å²) in [7, 11) is 0. The van der Waals surface area contributed by atoms with Crippen LogP contribution in [0.5, 0.6) is 0 Å². The molecule has 128 valence electrons. The number of likely N-dealkylation sites (tertiary alicyclic amines) is 1. The highest BCUT2D eigenvalue weighted by molar-refractivity contribution is 7.12. The van der Waals surface area contributed by atoms with Crippen molar-refractivity contribution in [3.8, 4) is 0 Å². The van der Waals surface area contributed by atoms with E-state index in [1.165, 1.54) is 24.0 Å². The molecule has 2 heterocycles. The maximum absolute atomic E-state index is 12.5. The molecule has 5 nitrogen and oxygen atoms in total. The number of nitrogens with one attached hydrogen (secondary N) is 1. The third-order valence-corrected chi connectivity index (χ3v) is 6.19. The number of amides is 1. The molecule has 1 aliphatic carbocycles. The van der Waals surface area contributed by atoms with Gasteiger partial charge in [-0.25, -0.2) is 0 Å². The predicted molar refractivity (Wildman–Crippen MR) is 90.9 cm³/mol. The highest BCUT2D eigenvalue weighted by Crippen LogP contribution is 2.29. The highest BCUT2D eigenvalue weighted by atomic mass is 32.1. The summed E-state index contributed by atoms with van der Waals surface area (Å²) in [5, 5.41) is 23.8. The van der Waals surface area contributed by atoms with E-state index in [2.05, 4.69) is 15.6 Å². The molecule has 0 spiro atoms. The molecular weight excluding hydrogens is 312 g/mol. The summed E-state index contributed by atoms with van der Waals surface area (Å²) >= 11 is 1.58.